The maximum absolute atomic E-state index is 12.3. The van der Waals surface area contributed by atoms with Crippen LogP contribution in [-0.2, 0) is 4.79 Å². The van der Waals surface area contributed by atoms with E-state index in [2.05, 4.69) is 15.5 Å². The van der Waals surface area contributed by atoms with Gasteiger partial charge in [0.25, 0.3) is 5.22 Å². The van der Waals surface area contributed by atoms with E-state index in [1.165, 1.54) is 11.8 Å². The van der Waals surface area contributed by atoms with Gasteiger partial charge in [-0.15, -0.1) is 10.2 Å². The van der Waals surface area contributed by atoms with E-state index in [9.17, 15) is 4.79 Å². The van der Waals surface area contributed by atoms with Crippen molar-refractivity contribution < 1.29 is 9.21 Å². The number of aromatic nitrogens is 2. The number of benzene rings is 2. The molecule has 0 aliphatic rings. The third-order valence-electron chi connectivity index (χ3n) is 3.20. The molecule has 0 aliphatic heterocycles. The van der Waals surface area contributed by atoms with Gasteiger partial charge in [0.05, 0.1) is 5.25 Å². The molecule has 1 amide bonds. The Balaban J connectivity index is 1.64. The Morgan fingerprint density at radius 3 is 2.48 bits per heavy atom. The molecule has 5 nitrogen and oxygen atoms in total. The highest BCUT2D eigenvalue weighted by atomic mass is 35.5. The lowest BCUT2D eigenvalue weighted by atomic mass is 10.2. The standard InChI is InChI=1S/C17H13Cl2N3O2S/c1-10(15(23)20-14-8-12(18)7-13(19)9-14)25-17-22-21-16(24-17)11-5-3-2-4-6-11/h2-10H,1H3,(H,20,23)/t10-/m1/s1. The van der Waals surface area contributed by atoms with Gasteiger partial charge in [-0.1, -0.05) is 53.2 Å². The zero-order valence-electron chi connectivity index (χ0n) is 13.1. The van der Waals surface area contributed by atoms with Crippen LogP contribution >= 0.6 is 35.0 Å². The molecular weight excluding hydrogens is 381 g/mol. The molecule has 1 aromatic heterocycles. The predicted octanol–water partition coefficient (Wildman–Crippen LogP) is 5.16. The smallest absolute Gasteiger partial charge is 0.277 e. The van der Waals surface area contributed by atoms with Crippen LogP contribution in [-0.4, -0.2) is 21.4 Å². The minimum atomic E-state index is -0.443. The Morgan fingerprint density at radius 2 is 1.80 bits per heavy atom. The maximum atomic E-state index is 12.3. The van der Waals surface area contributed by atoms with Gasteiger partial charge in [0.1, 0.15) is 0 Å². The molecule has 1 atom stereocenters. The molecule has 0 unspecified atom stereocenters. The molecule has 1 heterocycles. The van der Waals surface area contributed by atoms with Crippen LogP contribution in [0.15, 0.2) is 58.2 Å². The topological polar surface area (TPSA) is 68.0 Å². The minimum absolute atomic E-state index is 0.220. The zero-order valence-corrected chi connectivity index (χ0v) is 15.4. The van der Waals surface area contributed by atoms with Gasteiger partial charge in [-0.25, -0.2) is 0 Å². The number of rotatable bonds is 5. The predicted molar refractivity (Wildman–Crippen MR) is 100 cm³/mol. The van der Waals surface area contributed by atoms with Gasteiger partial charge in [0.15, 0.2) is 0 Å². The normalized spacial score (nSPS) is 12.0. The number of hydrogen-bond donors (Lipinski definition) is 1. The van der Waals surface area contributed by atoms with Crippen molar-refractivity contribution in [3.63, 3.8) is 0 Å². The fraction of sp³-hybridized carbons (Fsp3) is 0.118. The van der Waals surface area contributed by atoms with Gasteiger partial charge in [-0.2, -0.15) is 0 Å². The molecule has 1 N–H and O–H groups in total. The molecule has 2 aromatic carbocycles. The average Bonchev–Trinajstić information content (AvgIpc) is 3.03. The summed E-state index contributed by atoms with van der Waals surface area (Å²) >= 11 is 13.0. The molecule has 0 saturated heterocycles. The summed E-state index contributed by atoms with van der Waals surface area (Å²) in [5.41, 5.74) is 1.36. The number of thioether (sulfide) groups is 1. The van der Waals surface area contributed by atoms with Gasteiger partial charge >= 0.3 is 0 Å². The van der Waals surface area contributed by atoms with Crippen LogP contribution in [0, 0.1) is 0 Å². The fourth-order valence-corrected chi connectivity index (χ4v) is 3.24. The molecule has 3 rings (SSSR count). The molecular formula is C17H13Cl2N3O2S. The molecule has 0 aliphatic carbocycles. The van der Waals surface area contributed by atoms with Crippen LogP contribution in [0.4, 0.5) is 5.69 Å². The molecule has 25 heavy (non-hydrogen) atoms. The lowest BCUT2D eigenvalue weighted by molar-refractivity contribution is -0.115. The van der Waals surface area contributed by atoms with E-state index < -0.39 is 5.25 Å². The van der Waals surface area contributed by atoms with E-state index in [1.807, 2.05) is 30.3 Å². The summed E-state index contributed by atoms with van der Waals surface area (Å²) < 4.78 is 5.60. The van der Waals surface area contributed by atoms with Gasteiger partial charge in [0.2, 0.25) is 11.8 Å². The summed E-state index contributed by atoms with van der Waals surface area (Å²) in [6, 6.07) is 14.3. The average molecular weight is 394 g/mol. The number of nitrogens with zero attached hydrogens (tertiary/aromatic N) is 2. The van der Waals surface area contributed by atoms with Crippen molar-refractivity contribution in [3.05, 3.63) is 58.6 Å². The summed E-state index contributed by atoms with van der Waals surface area (Å²) in [5, 5.41) is 11.5. The number of amides is 1. The first-order valence-electron chi connectivity index (χ1n) is 7.34. The van der Waals surface area contributed by atoms with Crippen molar-refractivity contribution in [2.75, 3.05) is 5.32 Å². The molecule has 0 saturated carbocycles. The number of nitrogens with one attached hydrogen (secondary N) is 1. The van der Waals surface area contributed by atoms with Gasteiger partial charge in [-0.05, 0) is 37.3 Å². The van der Waals surface area contributed by atoms with Crippen molar-refractivity contribution >= 4 is 46.6 Å². The molecule has 0 bridgehead atoms. The third-order valence-corrected chi connectivity index (χ3v) is 4.57. The first-order chi connectivity index (χ1) is 12.0. The molecule has 0 radical (unpaired) electrons. The summed E-state index contributed by atoms with van der Waals surface area (Å²) in [5.74, 6) is 0.195. The molecule has 128 valence electrons. The van der Waals surface area contributed by atoms with Crippen LogP contribution in [0.2, 0.25) is 10.0 Å². The van der Waals surface area contributed by atoms with Gasteiger partial charge in [0, 0.05) is 21.3 Å². The second-order valence-corrected chi connectivity index (χ2v) is 7.31. The molecule has 0 spiro atoms. The van der Waals surface area contributed by atoms with E-state index in [1.54, 1.807) is 25.1 Å². The Morgan fingerprint density at radius 1 is 1.12 bits per heavy atom. The highest BCUT2D eigenvalue weighted by molar-refractivity contribution is 8.00. The van der Waals surface area contributed by atoms with Crippen LogP contribution in [0.1, 0.15) is 6.92 Å². The van der Waals surface area contributed by atoms with Gasteiger partial charge < -0.3 is 9.73 Å². The highest BCUT2D eigenvalue weighted by Gasteiger charge is 2.19. The Labute approximate surface area is 158 Å². The third kappa shape index (κ3) is 4.75. The first-order valence-corrected chi connectivity index (χ1v) is 8.97. The molecule has 3 aromatic rings. The monoisotopic (exact) mass is 393 g/mol. The first kappa shape index (κ1) is 17.8. The number of halogens is 2. The number of anilines is 1. The summed E-state index contributed by atoms with van der Waals surface area (Å²) in [4.78, 5) is 12.3. The lowest BCUT2D eigenvalue weighted by Gasteiger charge is -2.10. The van der Waals surface area contributed by atoms with E-state index >= 15 is 0 Å². The van der Waals surface area contributed by atoms with Crippen LogP contribution in [0.25, 0.3) is 11.5 Å². The maximum Gasteiger partial charge on any atom is 0.277 e. The fourth-order valence-electron chi connectivity index (χ4n) is 2.03. The van der Waals surface area contributed by atoms with E-state index in [-0.39, 0.29) is 5.91 Å². The van der Waals surface area contributed by atoms with Crippen molar-refractivity contribution in [3.8, 4) is 11.5 Å². The van der Waals surface area contributed by atoms with Crippen LogP contribution in [0.5, 0.6) is 0 Å². The number of carbonyl (C=O) groups excluding carboxylic acids is 1. The molecule has 8 heteroatoms. The molecule has 0 fully saturated rings. The quantitative estimate of drug-likeness (QED) is 0.606. The van der Waals surface area contributed by atoms with Crippen molar-refractivity contribution in [2.45, 2.75) is 17.4 Å². The highest BCUT2D eigenvalue weighted by Crippen LogP contribution is 2.27. The largest absolute Gasteiger partial charge is 0.411 e. The van der Waals surface area contributed by atoms with E-state index in [0.717, 1.165) is 5.56 Å². The Bertz CT molecular complexity index is 866. The summed E-state index contributed by atoms with van der Waals surface area (Å²) in [6.45, 7) is 1.75. The second kappa shape index (κ2) is 7.91. The van der Waals surface area contributed by atoms with E-state index in [0.29, 0.717) is 26.8 Å². The lowest BCUT2D eigenvalue weighted by Crippen LogP contribution is -2.22. The Hall–Kier alpha value is -2.02. The van der Waals surface area contributed by atoms with Crippen LogP contribution < -0.4 is 5.32 Å². The van der Waals surface area contributed by atoms with E-state index in [4.69, 9.17) is 27.6 Å². The van der Waals surface area contributed by atoms with Crippen molar-refractivity contribution in [1.29, 1.82) is 0 Å². The summed E-state index contributed by atoms with van der Waals surface area (Å²) in [7, 11) is 0. The zero-order chi connectivity index (χ0) is 17.8. The number of hydrogen-bond acceptors (Lipinski definition) is 5. The number of carbonyl (C=O) groups is 1. The van der Waals surface area contributed by atoms with Crippen molar-refractivity contribution in [2.24, 2.45) is 0 Å². The van der Waals surface area contributed by atoms with Gasteiger partial charge in [-0.3, -0.25) is 4.79 Å². The summed E-state index contributed by atoms with van der Waals surface area (Å²) in [6.07, 6.45) is 0. The Kier molecular flexibility index (Phi) is 5.63. The van der Waals surface area contributed by atoms with Crippen molar-refractivity contribution in [1.82, 2.24) is 10.2 Å². The second-order valence-electron chi connectivity index (χ2n) is 5.15. The minimum Gasteiger partial charge on any atom is -0.411 e. The SMILES string of the molecule is C[C@@H](Sc1nnc(-c2ccccc2)o1)C(=O)Nc1cc(Cl)cc(Cl)c1. The van der Waals surface area contributed by atoms with Crippen LogP contribution in [0.3, 0.4) is 0 Å².